The Labute approximate surface area is 90.3 Å². The number of aromatic nitrogens is 2. The molecule has 0 aliphatic carbocycles. The maximum atomic E-state index is 12.4. The first-order chi connectivity index (χ1) is 7.47. The molecule has 0 bridgehead atoms. The van der Waals surface area contributed by atoms with Gasteiger partial charge in [-0.3, -0.25) is 0 Å². The minimum atomic E-state index is -4.43. The number of hydrogen-bond acceptors (Lipinski definition) is 4. The van der Waals surface area contributed by atoms with Crippen LogP contribution in [0.4, 0.5) is 19.1 Å². The van der Waals surface area contributed by atoms with Gasteiger partial charge in [0.1, 0.15) is 5.69 Å². The Morgan fingerprint density at radius 2 is 2.19 bits per heavy atom. The van der Waals surface area contributed by atoms with Crippen LogP contribution in [0.25, 0.3) is 0 Å². The van der Waals surface area contributed by atoms with Crippen LogP contribution in [0.5, 0.6) is 0 Å². The van der Waals surface area contributed by atoms with E-state index < -0.39 is 11.9 Å². The summed E-state index contributed by atoms with van der Waals surface area (Å²) in [6, 6.07) is 0.845. The van der Waals surface area contributed by atoms with Crippen molar-refractivity contribution in [2.45, 2.75) is 18.6 Å². The zero-order valence-electron chi connectivity index (χ0n) is 8.41. The van der Waals surface area contributed by atoms with Crippen LogP contribution in [0.15, 0.2) is 12.3 Å². The minimum absolute atomic E-state index is 0.0156. The molecule has 1 saturated heterocycles. The van der Waals surface area contributed by atoms with E-state index in [1.807, 2.05) is 0 Å². The van der Waals surface area contributed by atoms with E-state index in [9.17, 15) is 13.2 Å². The molecule has 1 aliphatic rings. The normalized spacial score (nSPS) is 21.5. The monoisotopic (exact) mass is 232 g/mol. The van der Waals surface area contributed by atoms with Gasteiger partial charge in [0.15, 0.2) is 0 Å². The highest BCUT2D eigenvalue weighted by Crippen LogP contribution is 2.28. The largest absolute Gasteiger partial charge is 0.433 e. The first-order valence-electron chi connectivity index (χ1n) is 4.87. The zero-order chi connectivity index (χ0) is 11.8. The summed E-state index contributed by atoms with van der Waals surface area (Å²) in [6.45, 7) is 1.10. The van der Waals surface area contributed by atoms with E-state index in [1.165, 1.54) is 0 Å². The summed E-state index contributed by atoms with van der Waals surface area (Å²) < 4.78 is 37.2. The quantitative estimate of drug-likeness (QED) is 0.785. The number of nitrogens with two attached hydrogens (primary N) is 1. The second-order valence-corrected chi connectivity index (χ2v) is 3.73. The van der Waals surface area contributed by atoms with Crippen molar-refractivity contribution < 1.29 is 13.2 Å². The molecule has 1 atom stereocenters. The predicted octanol–water partition coefficient (Wildman–Crippen LogP) is 1.03. The maximum absolute atomic E-state index is 12.4. The molecule has 2 heterocycles. The molecular weight excluding hydrogens is 221 g/mol. The van der Waals surface area contributed by atoms with Gasteiger partial charge in [-0.1, -0.05) is 0 Å². The number of alkyl halides is 3. The lowest BCUT2D eigenvalue weighted by Gasteiger charge is -2.16. The minimum Gasteiger partial charge on any atom is -0.339 e. The Bertz CT molecular complexity index is 379. The Balaban J connectivity index is 2.23. The number of rotatable bonds is 1. The summed E-state index contributed by atoms with van der Waals surface area (Å²) in [5.41, 5.74) is 4.75. The highest BCUT2D eigenvalue weighted by molar-refractivity contribution is 5.33. The molecule has 4 nitrogen and oxygen atoms in total. The fourth-order valence-electron chi connectivity index (χ4n) is 1.63. The van der Waals surface area contributed by atoms with Crippen LogP contribution < -0.4 is 10.6 Å². The third-order valence-electron chi connectivity index (χ3n) is 2.44. The van der Waals surface area contributed by atoms with Gasteiger partial charge in [0.2, 0.25) is 5.95 Å². The van der Waals surface area contributed by atoms with E-state index in [0.717, 1.165) is 18.7 Å². The molecule has 1 aliphatic heterocycles. The summed E-state index contributed by atoms with van der Waals surface area (Å²) in [5.74, 6) is 0.0998. The van der Waals surface area contributed by atoms with Gasteiger partial charge in [-0.05, 0) is 12.5 Å². The maximum Gasteiger partial charge on any atom is 0.433 e. The number of halogens is 3. The molecule has 7 heteroatoms. The number of anilines is 1. The van der Waals surface area contributed by atoms with Crippen LogP contribution in [0.2, 0.25) is 0 Å². The average Bonchev–Trinajstić information content (AvgIpc) is 2.64. The van der Waals surface area contributed by atoms with Crippen molar-refractivity contribution in [3.05, 3.63) is 18.0 Å². The highest BCUT2D eigenvalue weighted by Gasteiger charge is 2.33. The Kier molecular flexibility index (Phi) is 2.71. The Morgan fingerprint density at radius 1 is 1.44 bits per heavy atom. The molecule has 2 N–H and O–H groups in total. The molecule has 0 spiro atoms. The second-order valence-electron chi connectivity index (χ2n) is 3.73. The van der Waals surface area contributed by atoms with Crippen molar-refractivity contribution in [3.8, 4) is 0 Å². The van der Waals surface area contributed by atoms with Crippen LogP contribution in [0, 0.1) is 0 Å². The molecule has 1 aromatic rings. The van der Waals surface area contributed by atoms with E-state index in [1.54, 1.807) is 4.90 Å². The summed E-state index contributed by atoms with van der Waals surface area (Å²) in [6.07, 6.45) is -2.56. The van der Waals surface area contributed by atoms with Crippen molar-refractivity contribution in [1.29, 1.82) is 0 Å². The number of nitrogens with zero attached hydrogens (tertiary/aromatic N) is 3. The van der Waals surface area contributed by atoms with Gasteiger partial charge in [0.25, 0.3) is 0 Å². The van der Waals surface area contributed by atoms with Crippen molar-refractivity contribution in [3.63, 3.8) is 0 Å². The molecule has 1 fully saturated rings. The first kappa shape index (κ1) is 11.1. The van der Waals surface area contributed by atoms with Crippen LogP contribution in [-0.4, -0.2) is 29.1 Å². The average molecular weight is 232 g/mol. The molecule has 16 heavy (non-hydrogen) atoms. The third-order valence-corrected chi connectivity index (χ3v) is 2.44. The lowest BCUT2D eigenvalue weighted by molar-refractivity contribution is -0.141. The van der Waals surface area contributed by atoms with Crippen molar-refractivity contribution in [1.82, 2.24) is 9.97 Å². The molecule has 0 saturated carbocycles. The van der Waals surface area contributed by atoms with Gasteiger partial charge >= 0.3 is 6.18 Å². The van der Waals surface area contributed by atoms with E-state index in [4.69, 9.17) is 5.73 Å². The summed E-state index contributed by atoms with van der Waals surface area (Å²) in [4.78, 5) is 8.99. The lowest BCUT2D eigenvalue weighted by atomic mass is 10.3. The van der Waals surface area contributed by atoms with Gasteiger partial charge in [0.05, 0.1) is 0 Å². The molecule has 1 aromatic heterocycles. The topological polar surface area (TPSA) is 55.0 Å². The molecule has 88 valence electrons. The van der Waals surface area contributed by atoms with Crippen LogP contribution in [-0.2, 0) is 6.18 Å². The summed E-state index contributed by atoms with van der Waals surface area (Å²) in [7, 11) is 0. The Morgan fingerprint density at radius 3 is 2.75 bits per heavy atom. The Hall–Kier alpha value is -1.37. The second kappa shape index (κ2) is 3.89. The van der Waals surface area contributed by atoms with Crippen molar-refractivity contribution in [2.75, 3.05) is 18.0 Å². The zero-order valence-corrected chi connectivity index (χ0v) is 8.41. The van der Waals surface area contributed by atoms with Gasteiger partial charge < -0.3 is 10.6 Å². The van der Waals surface area contributed by atoms with E-state index in [-0.39, 0.29) is 12.0 Å². The highest BCUT2D eigenvalue weighted by atomic mass is 19.4. The summed E-state index contributed by atoms with van der Waals surface area (Å²) in [5, 5.41) is 0. The molecule has 0 aromatic carbocycles. The number of hydrogen-bond donors (Lipinski definition) is 1. The molecule has 0 amide bonds. The molecule has 0 radical (unpaired) electrons. The van der Waals surface area contributed by atoms with Crippen molar-refractivity contribution >= 4 is 5.95 Å². The predicted molar refractivity (Wildman–Crippen MR) is 51.8 cm³/mol. The SMILES string of the molecule is NC1CCN(c2nccc(C(F)(F)F)n2)C1. The van der Waals surface area contributed by atoms with E-state index in [2.05, 4.69) is 9.97 Å². The van der Waals surface area contributed by atoms with Crippen molar-refractivity contribution in [2.24, 2.45) is 5.73 Å². The van der Waals surface area contributed by atoms with Gasteiger partial charge in [-0.25, -0.2) is 9.97 Å². The molecule has 2 rings (SSSR count). The van der Waals surface area contributed by atoms with Gasteiger partial charge in [-0.15, -0.1) is 0 Å². The fraction of sp³-hybridized carbons (Fsp3) is 0.556. The molecular formula is C9H11F3N4. The van der Waals surface area contributed by atoms with E-state index >= 15 is 0 Å². The third kappa shape index (κ3) is 2.24. The smallest absolute Gasteiger partial charge is 0.339 e. The van der Waals surface area contributed by atoms with Gasteiger partial charge in [-0.2, -0.15) is 13.2 Å². The first-order valence-corrected chi connectivity index (χ1v) is 4.87. The van der Waals surface area contributed by atoms with Crippen LogP contribution in [0.3, 0.4) is 0 Å². The van der Waals surface area contributed by atoms with Gasteiger partial charge in [0, 0.05) is 25.3 Å². The fourth-order valence-corrected chi connectivity index (χ4v) is 1.63. The standard InChI is InChI=1S/C9H11F3N4/c10-9(11,12)7-1-3-14-8(15-7)16-4-2-6(13)5-16/h1,3,6H,2,4-5,13H2. The lowest BCUT2D eigenvalue weighted by Crippen LogP contribution is -2.28. The van der Waals surface area contributed by atoms with Crippen LogP contribution in [0.1, 0.15) is 12.1 Å². The van der Waals surface area contributed by atoms with Crippen LogP contribution >= 0.6 is 0 Å². The van der Waals surface area contributed by atoms with E-state index in [0.29, 0.717) is 13.1 Å². The molecule has 1 unspecified atom stereocenters. The summed E-state index contributed by atoms with van der Waals surface area (Å²) >= 11 is 0.